The van der Waals surface area contributed by atoms with Crippen molar-refractivity contribution in [2.75, 3.05) is 26.2 Å². The van der Waals surface area contributed by atoms with Crippen LogP contribution < -0.4 is 10.6 Å². The molecule has 0 unspecified atom stereocenters. The van der Waals surface area contributed by atoms with Crippen molar-refractivity contribution < 1.29 is 9.53 Å². The van der Waals surface area contributed by atoms with Gasteiger partial charge in [0.2, 0.25) is 0 Å². The molecule has 1 saturated heterocycles. The molecular weight excluding hydrogens is 254 g/mol. The van der Waals surface area contributed by atoms with Crippen molar-refractivity contribution in [3.05, 3.63) is 24.0 Å². The van der Waals surface area contributed by atoms with Crippen LogP contribution in [0.25, 0.3) is 0 Å². The Morgan fingerprint density at radius 1 is 1.50 bits per heavy atom. The Labute approximate surface area is 120 Å². The van der Waals surface area contributed by atoms with E-state index in [0.717, 1.165) is 44.6 Å². The zero-order valence-corrected chi connectivity index (χ0v) is 12.2. The predicted octanol–water partition coefficient (Wildman–Crippen LogP) is 1.40. The summed E-state index contributed by atoms with van der Waals surface area (Å²) in [5.41, 5.74) is 0.730. The van der Waals surface area contributed by atoms with Gasteiger partial charge in [0.05, 0.1) is 12.7 Å². The first-order chi connectivity index (χ1) is 9.81. The molecule has 1 aliphatic rings. The highest BCUT2D eigenvalue weighted by Crippen LogP contribution is 2.06. The van der Waals surface area contributed by atoms with Crippen molar-refractivity contribution in [3.8, 4) is 0 Å². The molecule has 5 heteroatoms. The Bertz CT molecular complexity index is 411. The summed E-state index contributed by atoms with van der Waals surface area (Å²) in [4.78, 5) is 12.1. The molecule has 5 nitrogen and oxygen atoms in total. The third-order valence-corrected chi connectivity index (χ3v) is 3.55. The molecule has 20 heavy (non-hydrogen) atoms. The first kappa shape index (κ1) is 15.1. The molecule has 1 fully saturated rings. The summed E-state index contributed by atoms with van der Waals surface area (Å²) in [5, 5.41) is 6.23. The van der Waals surface area contributed by atoms with Crippen molar-refractivity contribution in [1.29, 1.82) is 0 Å². The van der Waals surface area contributed by atoms with Gasteiger partial charge in [0.1, 0.15) is 5.69 Å². The highest BCUT2D eigenvalue weighted by Gasteiger charge is 2.13. The molecule has 1 aromatic rings. The van der Waals surface area contributed by atoms with Crippen LogP contribution in [-0.4, -0.2) is 42.8 Å². The van der Waals surface area contributed by atoms with Crippen LogP contribution in [0.4, 0.5) is 0 Å². The fourth-order valence-corrected chi connectivity index (χ4v) is 2.50. The number of nitrogens with zero attached hydrogens (tertiary/aromatic N) is 1. The zero-order chi connectivity index (χ0) is 14.2. The van der Waals surface area contributed by atoms with Crippen LogP contribution >= 0.6 is 0 Å². The van der Waals surface area contributed by atoms with E-state index in [0.29, 0.717) is 19.3 Å². The molecule has 0 spiro atoms. The number of ether oxygens (including phenoxy) is 1. The molecular formula is C15H25N3O2. The highest BCUT2D eigenvalue weighted by atomic mass is 16.5. The van der Waals surface area contributed by atoms with Crippen LogP contribution in [0.1, 0.15) is 36.7 Å². The standard InChI is InChI=1S/C15H25N3O2/c1-2-10-18-11-3-4-14(18)15(19)17-9-12-20-13-5-7-16-8-6-13/h3-4,11,13,16H,2,5-10,12H2,1H3,(H,17,19). The van der Waals surface area contributed by atoms with E-state index in [2.05, 4.69) is 17.6 Å². The van der Waals surface area contributed by atoms with E-state index < -0.39 is 0 Å². The van der Waals surface area contributed by atoms with E-state index in [-0.39, 0.29) is 5.91 Å². The first-order valence-corrected chi connectivity index (χ1v) is 7.57. The minimum atomic E-state index is -0.0163. The number of carbonyl (C=O) groups excluding carboxylic acids is 1. The summed E-state index contributed by atoms with van der Waals surface area (Å²) < 4.78 is 7.76. The number of amides is 1. The lowest BCUT2D eigenvalue weighted by Crippen LogP contribution is -2.35. The average molecular weight is 279 g/mol. The quantitative estimate of drug-likeness (QED) is 0.742. The second-order valence-electron chi connectivity index (χ2n) is 5.16. The number of hydrogen-bond acceptors (Lipinski definition) is 3. The number of aromatic nitrogens is 1. The van der Waals surface area contributed by atoms with Gasteiger partial charge in [-0.3, -0.25) is 4.79 Å². The fourth-order valence-electron chi connectivity index (χ4n) is 2.50. The van der Waals surface area contributed by atoms with E-state index in [4.69, 9.17) is 4.74 Å². The van der Waals surface area contributed by atoms with E-state index in [1.165, 1.54) is 0 Å². The third kappa shape index (κ3) is 4.35. The maximum atomic E-state index is 12.1. The van der Waals surface area contributed by atoms with Crippen molar-refractivity contribution in [2.24, 2.45) is 0 Å². The smallest absolute Gasteiger partial charge is 0.267 e. The molecule has 0 aromatic carbocycles. The number of nitrogens with one attached hydrogen (secondary N) is 2. The molecule has 1 aromatic heterocycles. The second-order valence-corrected chi connectivity index (χ2v) is 5.16. The summed E-state index contributed by atoms with van der Waals surface area (Å²) in [6.07, 6.45) is 5.44. The van der Waals surface area contributed by atoms with Gasteiger partial charge in [-0.05, 0) is 44.5 Å². The maximum absolute atomic E-state index is 12.1. The van der Waals surface area contributed by atoms with Gasteiger partial charge in [-0.25, -0.2) is 0 Å². The summed E-state index contributed by atoms with van der Waals surface area (Å²) >= 11 is 0. The average Bonchev–Trinajstić information content (AvgIpc) is 2.93. The van der Waals surface area contributed by atoms with Crippen LogP contribution in [-0.2, 0) is 11.3 Å². The second kappa shape index (κ2) is 8.07. The molecule has 1 amide bonds. The molecule has 2 N–H and O–H groups in total. The van der Waals surface area contributed by atoms with E-state index in [1.807, 2.05) is 22.9 Å². The molecule has 0 bridgehead atoms. The Morgan fingerprint density at radius 2 is 2.30 bits per heavy atom. The lowest BCUT2D eigenvalue weighted by atomic mass is 10.1. The molecule has 2 rings (SSSR count). The van der Waals surface area contributed by atoms with E-state index in [9.17, 15) is 4.79 Å². The largest absolute Gasteiger partial charge is 0.376 e. The summed E-state index contributed by atoms with van der Waals surface area (Å²) in [5.74, 6) is -0.0163. The van der Waals surface area contributed by atoms with Crippen LogP contribution in [0.15, 0.2) is 18.3 Å². The fraction of sp³-hybridized carbons (Fsp3) is 0.667. The van der Waals surface area contributed by atoms with Crippen LogP contribution in [0.2, 0.25) is 0 Å². The van der Waals surface area contributed by atoms with Gasteiger partial charge in [0, 0.05) is 19.3 Å². The third-order valence-electron chi connectivity index (χ3n) is 3.55. The molecule has 0 radical (unpaired) electrons. The van der Waals surface area contributed by atoms with Crippen molar-refractivity contribution in [3.63, 3.8) is 0 Å². The minimum Gasteiger partial charge on any atom is -0.376 e. The minimum absolute atomic E-state index is 0.0163. The van der Waals surface area contributed by atoms with E-state index in [1.54, 1.807) is 0 Å². The van der Waals surface area contributed by atoms with Gasteiger partial charge in [-0.15, -0.1) is 0 Å². The monoisotopic (exact) mass is 279 g/mol. The summed E-state index contributed by atoms with van der Waals surface area (Å²) in [6, 6.07) is 3.77. The highest BCUT2D eigenvalue weighted by molar-refractivity contribution is 5.92. The van der Waals surface area contributed by atoms with Crippen molar-refractivity contribution in [1.82, 2.24) is 15.2 Å². The molecule has 0 aliphatic carbocycles. The maximum Gasteiger partial charge on any atom is 0.267 e. The normalized spacial score (nSPS) is 16.2. The summed E-state index contributed by atoms with van der Waals surface area (Å²) in [6.45, 7) is 6.20. The van der Waals surface area contributed by atoms with Crippen molar-refractivity contribution in [2.45, 2.75) is 38.8 Å². The molecule has 112 valence electrons. The predicted molar refractivity (Wildman–Crippen MR) is 78.9 cm³/mol. The van der Waals surface area contributed by atoms with Gasteiger partial charge in [0.25, 0.3) is 5.91 Å². The zero-order valence-electron chi connectivity index (χ0n) is 12.2. The molecule has 0 saturated carbocycles. The van der Waals surface area contributed by atoms with Crippen LogP contribution in [0, 0.1) is 0 Å². The summed E-state index contributed by atoms with van der Waals surface area (Å²) in [7, 11) is 0. The van der Waals surface area contributed by atoms with E-state index >= 15 is 0 Å². The van der Waals surface area contributed by atoms with Crippen molar-refractivity contribution >= 4 is 5.91 Å². The van der Waals surface area contributed by atoms with Crippen LogP contribution in [0.5, 0.6) is 0 Å². The number of aryl methyl sites for hydroxylation is 1. The SMILES string of the molecule is CCCn1cccc1C(=O)NCCOC1CCNCC1. The lowest BCUT2D eigenvalue weighted by Gasteiger charge is -2.22. The topological polar surface area (TPSA) is 55.3 Å². The Balaban J connectivity index is 1.68. The van der Waals surface area contributed by atoms with Gasteiger partial charge in [-0.1, -0.05) is 6.92 Å². The number of rotatable bonds is 7. The molecule has 0 atom stereocenters. The lowest BCUT2D eigenvalue weighted by molar-refractivity contribution is 0.0343. The Kier molecular flexibility index (Phi) is 6.08. The first-order valence-electron chi connectivity index (χ1n) is 7.57. The number of piperidine rings is 1. The Morgan fingerprint density at radius 3 is 3.05 bits per heavy atom. The van der Waals surface area contributed by atoms with Gasteiger partial charge in [-0.2, -0.15) is 0 Å². The molecule has 1 aliphatic heterocycles. The van der Waals surface area contributed by atoms with Gasteiger partial charge in [0.15, 0.2) is 0 Å². The number of carbonyl (C=O) groups is 1. The number of hydrogen-bond donors (Lipinski definition) is 2. The van der Waals surface area contributed by atoms with Gasteiger partial charge < -0.3 is 19.9 Å². The Hall–Kier alpha value is -1.33. The molecule has 2 heterocycles. The van der Waals surface area contributed by atoms with Crippen LogP contribution in [0.3, 0.4) is 0 Å². The van der Waals surface area contributed by atoms with Gasteiger partial charge >= 0.3 is 0 Å².